The Hall–Kier alpha value is -0.700. The van der Waals surface area contributed by atoms with Crippen LogP contribution in [0.2, 0.25) is 0 Å². The van der Waals surface area contributed by atoms with E-state index in [1.807, 2.05) is 6.07 Å². The molecule has 0 spiro atoms. The number of hydrogen-bond donors (Lipinski definition) is 0. The standard InChI is InChI=1S/C6H5O2S/c7-3-5-9-6-2-1-4-8-6/h1-2,4H,5H2. The summed E-state index contributed by atoms with van der Waals surface area (Å²) in [5.74, 6) is 0.341. The molecule has 0 atom stereocenters. The maximum atomic E-state index is 9.71. The molecule has 0 fully saturated rings. The third kappa shape index (κ3) is 1.93. The van der Waals surface area contributed by atoms with E-state index in [4.69, 9.17) is 4.42 Å². The summed E-state index contributed by atoms with van der Waals surface area (Å²) in [6.45, 7) is 0. The van der Waals surface area contributed by atoms with Gasteiger partial charge in [-0.2, -0.15) is 0 Å². The highest BCUT2D eigenvalue weighted by molar-refractivity contribution is 7.99. The van der Waals surface area contributed by atoms with E-state index in [-0.39, 0.29) is 0 Å². The van der Waals surface area contributed by atoms with Gasteiger partial charge < -0.3 is 4.42 Å². The van der Waals surface area contributed by atoms with Crippen LogP contribution in [0.3, 0.4) is 0 Å². The van der Waals surface area contributed by atoms with Crippen LogP contribution in [0.1, 0.15) is 0 Å². The van der Waals surface area contributed by atoms with Crippen molar-refractivity contribution in [3.63, 3.8) is 0 Å². The Balaban J connectivity index is 2.38. The van der Waals surface area contributed by atoms with Crippen LogP contribution in [0.5, 0.6) is 0 Å². The molecule has 1 radical (unpaired) electrons. The molecule has 2 nitrogen and oxygen atoms in total. The summed E-state index contributed by atoms with van der Waals surface area (Å²) in [5.41, 5.74) is 0. The molecule has 0 aromatic carbocycles. The van der Waals surface area contributed by atoms with Crippen LogP contribution in [0, 0.1) is 0 Å². The van der Waals surface area contributed by atoms with E-state index in [2.05, 4.69) is 0 Å². The molecule has 47 valence electrons. The van der Waals surface area contributed by atoms with E-state index < -0.39 is 0 Å². The van der Waals surface area contributed by atoms with Crippen molar-refractivity contribution in [3.8, 4) is 0 Å². The quantitative estimate of drug-likeness (QED) is 0.597. The predicted molar refractivity (Wildman–Crippen MR) is 35.1 cm³/mol. The SMILES string of the molecule is O=[C]CSc1ccco1. The van der Waals surface area contributed by atoms with Gasteiger partial charge in [-0.05, 0) is 12.1 Å². The van der Waals surface area contributed by atoms with Crippen LogP contribution in [0.15, 0.2) is 27.9 Å². The normalized spacial score (nSPS) is 9.33. The zero-order valence-electron chi connectivity index (χ0n) is 4.66. The van der Waals surface area contributed by atoms with E-state index in [1.54, 1.807) is 18.6 Å². The van der Waals surface area contributed by atoms with Crippen LogP contribution in [0.25, 0.3) is 0 Å². The molecule has 0 aliphatic heterocycles. The van der Waals surface area contributed by atoms with Crippen molar-refractivity contribution >= 4 is 18.0 Å². The maximum absolute atomic E-state index is 9.71. The fourth-order valence-electron chi connectivity index (χ4n) is 0.446. The van der Waals surface area contributed by atoms with Gasteiger partial charge >= 0.3 is 0 Å². The van der Waals surface area contributed by atoms with Crippen molar-refractivity contribution in [3.05, 3.63) is 18.4 Å². The van der Waals surface area contributed by atoms with Gasteiger partial charge in [0.25, 0.3) is 0 Å². The van der Waals surface area contributed by atoms with Gasteiger partial charge in [0.15, 0.2) is 5.09 Å². The third-order valence-corrected chi connectivity index (χ3v) is 1.55. The summed E-state index contributed by atoms with van der Waals surface area (Å²) < 4.78 is 4.92. The Kier molecular flexibility index (Phi) is 2.39. The molecule has 1 aromatic heterocycles. The van der Waals surface area contributed by atoms with E-state index in [0.29, 0.717) is 5.75 Å². The minimum atomic E-state index is 0.341. The molecular weight excluding hydrogens is 136 g/mol. The highest BCUT2D eigenvalue weighted by Gasteiger charge is 1.92. The van der Waals surface area contributed by atoms with Gasteiger partial charge in [-0.1, -0.05) is 11.8 Å². The molecule has 1 heterocycles. The molecule has 0 bridgehead atoms. The molecule has 1 aromatic rings. The minimum absolute atomic E-state index is 0.341. The molecule has 0 unspecified atom stereocenters. The number of rotatable bonds is 3. The van der Waals surface area contributed by atoms with Crippen molar-refractivity contribution in [1.29, 1.82) is 0 Å². The summed E-state index contributed by atoms with van der Waals surface area (Å²) in [4.78, 5) is 9.71. The van der Waals surface area contributed by atoms with Gasteiger partial charge in [0.05, 0.1) is 12.0 Å². The van der Waals surface area contributed by atoms with E-state index in [0.717, 1.165) is 5.09 Å². The Labute approximate surface area is 57.2 Å². The molecule has 9 heavy (non-hydrogen) atoms. The highest BCUT2D eigenvalue weighted by atomic mass is 32.2. The fraction of sp³-hybridized carbons (Fsp3) is 0.167. The van der Waals surface area contributed by atoms with Gasteiger partial charge in [0.2, 0.25) is 6.29 Å². The Bertz CT molecular complexity index is 169. The van der Waals surface area contributed by atoms with Crippen molar-refractivity contribution < 1.29 is 9.21 Å². The highest BCUT2D eigenvalue weighted by Crippen LogP contribution is 2.15. The van der Waals surface area contributed by atoms with Crippen LogP contribution >= 0.6 is 11.8 Å². The Morgan fingerprint density at radius 3 is 3.22 bits per heavy atom. The summed E-state index contributed by atoms with van der Waals surface area (Å²) in [5, 5.41) is 0.762. The zero-order valence-corrected chi connectivity index (χ0v) is 5.48. The second-order valence-corrected chi connectivity index (χ2v) is 2.34. The lowest BCUT2D eigenvalue weighted by Gasteiger charge is -1.84. The third-order valence-electron chi connectivity index (χ3n) is 0.768. The van der Waals surface area contributed by atoms with E-state index in [9.17, 15) is 4.79 Å². The lowest BCUT2D eigenvalue weighted by molar-refractivity contribution is 0.474. The molecule has 3 heteroatoms. The van der Waals surface area contributed by atoms with Crippen molar-refractivity contribution in [1.82, 2.24) is 0 Å². The number of thioether (sulfide) groups is 1. The van der Waals surface area contributed by atoms with Crippen LogP contribution in [-0.2, 0) is 4.79 Å². The largest absolute Gasteiger partial charge is 0.458 e. The summed E-state index contributed by atoms with van der Waals surface area (Å²) in [6, 6.07) is 3.59. The molecule has 0 saturated heterocycles. The molecule has 0 aliphatic rings. The van der Waals surface area contributed by atoms with Gasteiger partial charge in [-0.25, -0.2) is 0 Å². The van der Waals surface area contributed by atoms with Crippen molar-refractivity contribution in [2.75, 3.05) is 5.75 Å². The first-order valence-electron chi connectivity index (χ1n) is 2.45. The minimum Gasteiger partial charge on any atom is -0.458 e. The monoisotopic (exact) mass is 141 g/mol. The Morgan fingerprint density at radius 1 is 1.78 bits per heavy atom. The topological polar surface area (TPSA) is 30.2 Å². The molecule has 1 rings (SSSR count). The summed E-state index contributed by atoms with van der Waals surface area (Å²) in [7, 11) is 0. The molecule has 0 saturated carbocycles. The first-order valence-corrected chi connectivity index (χ1v) is 3.43. The van der Waals surface area contributed by atoms with Crippen molar-refractivity contribution in [2.45, 2.75) is 5.09 Å². The van der Waals surface area contributed by atoms with Crippen LogP contribution < -0.4 is 0 Å². The first-order chi connectivity index (χ1) is 4.43. The van der Waals surface area contributed by atoms with E-state index in [1.165, 1.54) is 11.8 Å². The second-order valence-electron chi connectivity index (χ2n) is 1.37. The Morgan fingerprint density at radius 2 is 2.67 bits per heavy atom. The fourth-order valence-corrected chi connectivity index (χ4v) is 0.946. The lowest BCUT2D eigenvalue weighted by atomic mass is 10.7. The van der Waals surface area contributed by atoms with Gasteiger partial charge in [-0.3, -0.25) is 4.79 Å². The van der Waals surface area contributed by atoms with Gasteiger partial charge in [-0.15, -0.1) is 0 Å². The molecule has 0 aliphatic carbocycles. The molecular formula is C6H5O2S. The number of carbonyl (C=O) groups excluding carboxylic acids is 1. The van der Waals surface area contributed by atoms with Crippen LogP contribution in [0.4, 0.5) is 0 Å². The zero-order chi connectivity index (χ0) is 6.53. The first kappa shape index (κ1) is 6.42. The lowest BCUT2D eigenvalue weighted by Crippen LogP contribution is -1.74. The van der Waals surface area contributed by atoms with Gasteiger partial charge in [0, 0.05) is 0 Å². The number of furan rings is 1. The molecule has 0 N–H and O–H groups in total. The molecule has 0 amide bonds. The average Bonchev–Trinajstić information content (AvgIpc) is 2.34. The smallest absolute Gasteiger partial charge is 0.209 e. The predicted octanol–water partition coefficient (Wildman–Crippen LogP) is 1.48. The van der Waals surface area contributed by atoms with Crippen molar-refractivity contribution in [2.24, 2.45) is 0 Å². The maximum Gasteiger partial charge on any atom is 0.209 e. The second kappa shape index (κ2) is 3.35. The van der Waals surface area contributed by atoms with E-state index >= 15 is 0 Å². The summed E-state index contributed by atoms with van der Waals surface area (Å²) >= 11 is 1.34. The summed E-state index contributed by atoms with van der Waals surface area (Å²) in [6.07, 6.45) is 3.34. The average molecular weight is 141 g/mol. The van der Waals surface area contributed by atoms with Gasteiger partial charge in [0.1, 0.15) is 0 Å². The number of hydrogen-bond acceptors (Lipinski definition) is 3. The van der Waals surface area contributed by atoms with Crippen LogP contribution in [-0.4, -0.2) is 12.0 Å².